The lowest BCUT2D eigenvalue weighted by atomic mass is 10.2. The van der Waals surface area contributed by atoms with Gasteiger partial charge in [-0.25, -0.2) is 0 Å². The highest BCUT2D eigenvalue weighted by atomic mass is 35.5. The normalized spacial score (nSPS) is 11.3. The number of halogens is 2. The summed E-state index contributed by atoms with van der Waals surface area (Å²) in [7, 11) is 0. The Bertz CT molecular complexity index is 516. The molecule has 3 N–H and O–H groups in total. The molecule has 1 rings (SSSR count). The maximum Gasteiger partial charge on any atom is 0.251 e. The molecule has 0 radical (unpaired) electrons. The molecule has 0 fully saturated rings. The van der Waals surface area contributed by atoms with Crippen molar-refractivity contribution in [2.45, 2.75) is 13.8 Å². The summed E-state index contributed by atoms with van der Waals surface area (Å²) in [6, 6.07) is 4.75. The van der Waals surface area contributed by atoms with E-state index in [1.165, 1.54) is 6.07 Å². The van der Waals surface area contributed by atoms with E-state index in [1.807, 2.05) is 18.7 Å². The van der Waals surface area contributed by atoms with E-state index in [4.69, 9.17) is 28.9 Å². The molecule has 0 aliphatic rings. The zero-order chi connectivity index (χ0) is 15.8. The van der Waals surface area contributed by atoms with Crippen LogP contribution in [0.5, 0.6) is 0 Å². The van der Waals surface area contributed by atoms with Crippen molar-refractivity contribution in [2.75, 3.05) is 26.2 Å². The molecule has 0 bridgehead atoms. The molecule has 0 atom stereocenters. The molecular weight excluding hydrogens is 311 g/mol. The molecule has 0 spiro atoms. The Morgan fingerprint density at radius 2 is 1.95 bits per heavy atom. The fraction of sp³-hybridized carbons (Fsp3) is 0.429. The van der Waals surface area contributed by atoms with E-state index in [1.54, 1.807) is 12.1 Å². The fourth-order valence-electron chi connectivity index (χ4n) is 1.73. The largest absolute Gasteiger partial charge is 0.370 e. The van der Waals surface area contributed by atoms with Crippen molar-refractivity contribution in [1.29, 1.82) is 0 Å². The molecule has 5 nitrogen and oxygen atoms in total. The quantitative estimate of drug-likeness (QED) is 0.478. The van der Waals surface area contributed by atoms with Crippen LogP contribution in [-0.4, -0.2) is 42.9 Å². The average molecular weight is 331 g/mol. The highest BCUT2D eigenvalue weighted by molar-refractivity contribution is 6.42. The molecule has 7 heteroatoms. The van der Waals surface area contributed by atoms with Gasteiger partial charge < -0.3 is 16.0 Å². The van der Waals surface area contributed by atoms with E-state index in [2.05, 4.69) is 10.3 Å². The maximum atomic E-state index is 11.9. The van der Waals surface area contributed by atoms with Gasteiger partial charge in [-0.05, 0) is 32.0 Å². The number of carbonyl (C=O) groups is 1. The molecule has 116 valence electrons. The number of benzene rings is 1. The van der Waals surface area contributed by atoms with Crippen molar-refractivity contribution in [2.24, 2.45) is 10.7 Å². The second-order valence-electron chi connectivity index (χ2n) is 4.30. The van der Waals surface area contributed by atoms with Crippen LogP contribution in [0.3, 0.4) is 0 Å². The van der Waals surface area contributed by atoms with E-state index in [-0.39, 0.29) is 5.91 Å². The second-order valence-corrected chi connectivity index (χ2v) is 5.11. The molecule has 1 amide bonds. The Morgan fingerprint density at radius 3 is 2.52 bits per heavy atom. The van der Waals surface area contributed by atoms with Crippen molar-refractivity contribution in [1.82, 2.24) is 10.2 Å². The van der Waals surface area contributed by atoms with E-state index < -0.39 is 0 Å². The molecule has 0 aromatic heterocycles. The summed E-state index contributed by atoms with van der Waals surface area (Å²) in [5, 5.41) is 3.53. The lowest BCUT2D eigenvalue weighted by Crippen LogP contribution is -2.37. The molecule has 0 aliphatic heterocycles. The molecule has 0 aliphatic carbocycles. The number of hydrogen-bond acceptors (Lipinski definition) is 2. The van der Waals surface area contributed by atoms with Gasteiger partial charge in [0.05, 0.1) is 16.6 Å². The standard InChI is InChI=1S/C14H20Cl2N4O/c1-3-20(4-2)14(17)19-8-7-18-13(21)10-5-6-11(15)12(16)9-10/h5-6,9H,3-4,7-8H2,1-2H3,(H2,17,19)(H,18,21). The lowest BCUT2D eigenvalue weighted by Gasteiger charge is -2.19. The predicted molar refractivity (Wildman–Crippen MR) is 88.2 cm³/mol. The molecule has 0 saturated carbocycles. The third-order valence-corrected chi connectivity index (χ3v) is 3.68. The Balaban J connectivity index is 2.47. The van der Waals surface area contributed by atoms with Crippen LogP contribution in [0, 0.1) is 0 Å². The highest BCUT2D eigenvalue weighted by Crippen LogP contribution is 2.22. The van der Waals surface area contributed by atoms with E-state index >= 15 is 0 Å². The van der Waals surface area contributed by atoms with Crippen molar-refractivity contribution >= 4 is 35.1 Å². The molecule has 1 aromatic carbocycles. The van der Waals surface area contributed by atoms with Crippen LogP contribution < -0.4 is 11.1 Å². The maximum absolute atomic E-state index is 11.9. The van der Waals surface area contributed by atoms with Gasteiger partial charge >= 0.3 is 0 Å². The molecule has 0 heterocycles. The number of nitrogens with zero attached hydrogens (tertiary/aromatic N) is 2. The monoisotopic (exact) mass is 330 g/mol. The van der Waals surface area contributed by atoms with E-state index in [0.717, 1.165) is 13.1 Å². The molecule has 1 aromatic rings. The third kappa shape index (κ3) is 5.44. The van der Waals surface area contributed by atoms with Crippen molar-refractivity contribution in [3.63, 3.8) is 0 Å². The van der Waals surface area contributed by atoms with Crippen LogP contribution in [0.2, 0.25) is 10.0 Å². The molecule has 21 heavy (non-hydrogen) atoms. The smallest absolute Gasteiger partial charge is 0.251 e. The lowest BCUT2D eigenvalue weighted by molar-refractivity contribution is 0.0955. The van der Waals surface area contributed by atoms with Gasteiger partial charge in [0.25, 0.3) is 5.91 Å². The van der Waals surface area contributed by atoms with E-state index in [9.17, 15) is 4.79 Å². The Morgan fingerprint density at radius 1 is 1.29 bits per heavy atom. The van der Waals surface area contributed by atoms with Crippen molar-refractivity contribution < 1.29 is 4.79 Å². The number of aliphatic imine (C=N–C) groups is 1. The van der Waals surface area contributed by atoms with Gasteiger partial charge in [-0.3, -0.25) is 9.79 Å². The number of carbonyl (C=O) groups excluding carboxylic acids is 1. The van der Waals surface area contributed by atoms with Crippen LogP contribution in [0.15, 0.2) is 23.2 Å². The zero-order valence-corrected chi connectivity index (χ0v) is 13.7. The van der Waals surface area contributed by atoms with E-state index in [0.29, 0.717) is 34.7 Å². The summed E-state index contributed by atoms with van der Waals surface area (Å²) in [5.74, 6) is 0.272. The summed E-state index contributed by atoms with van der Waals surface area (Å²) in [4.78, 5) is 18.1. The van der Waals surface area contributed by atoms with Crippen LogP contribution in [0.4, 0.5) is 0 Å². The van der Waals surface area contributed by atoms with Gasteiger partial charge in [0.15, 0.2) is 5.96 Å². The number of nitrogens with one attached hydrogen (secondary N) is 1. The first-order valence-electron chi connectivity index (χ1n) is 6.77. The SMILES string of the molecule is CCN(CC)C(N)=NCCNC(=O)c1ccc(Cl)c(Cl)c1. The Hall–Kier alpha value is -1.46. The van der Waals surface area contributed by atoms with Gasteiger partial charge in [0.1, 0.15) is 0 Å². The minimum Gasteiger partial charge on any atom is -0.370 e. The molecule has 0 unspecified atom stereocenters. The number of rotatable bonds is 6. The van der Waals surface area contributed by atoms with Gasteiger partial charge in [-0.2, -0.15) is 0 Å². The highest BCUT2D eigenvalue weighted by Gasteiger charge is 2.07. The number of guanidine groups is 1. The molecular formula is C14H20Cl2N4O. The van der Waals surface area contributed by atoms with Crippen LogP contribution in [0.25, 0.3) is 0 Å². The number of amides is 1. The number of nitrogens with two attached hydrogens (primary N) is 1. The zero-order valence-electron chi connectivity index (χ0n) is 12.2. The number of hydrogen-bond donors (Lipinski definition) is 2. The summed E-state index contributed by atoms with van der Waals surface area (Å²) in [6.45, 7) is 6.47. The summed E-state index contributed by atoms with van der Waals surface area (Å²) >= 11 is 11.7. The van der Waals surface area contributed by atoms with Crippen LogP contribution >= 0.6 is 23.2 Å². The Kier molecular flexibility index (Phi) is 7.32. The van der Waals surface area contributed by atoms with Crippen molar-refractivity contribution in [3.8, 4) is 0 Å². The summed E-state index contributed by atoms with van der Waals surface area (Å²) in [5.41, 5.74) is 6.30. The third-order valence-electron chi connectivity index (χ3n) is 2.94. The summed E-state index contributed by atoms with van der Waals surface area (Å²) < 4.78 is 0. The van der Waals surface area contributed by atoms with Crippen LogP contribution in [-0.2, 0) is 0 Å². The fourth-order valence-corrected chi connectivity index (χ4v) is 2.03. The van der Waals surface area contributed by atoms with Gasteiger partial charge in [-0.1, -0.05) is 23.2 Å². The second kappa shape index (κ2) is 8.74. The Labute approximate surface area is 135 Å². The van der Waals surface area contributed by atoms with Crippen molar-refractivity contribution in [3.05, 3.63) is 33.8 Å². The minimum absolute atomic E-state index is 0.217. The van der Waals surface area contributed by atoms with Gasteiger partial charge in [0.2, 0.25) is 0 Å². The van der Waals surface area contributed by atoms with Gasteiger partial charge in [-0.15, -0.1) is 0 Å². The average Bonchev–Trinajstić information content (AvgIpc) is 2.47. The van der Waals surface area contributed by atoms with Crippen LogP contribution in [0.1, 0.15) is 24.2 Å². The first-order chi connectivity index (χ1) is 9.99. The first kappa shape index (κ1) is 17.6. The molecule has 0 saturated heterocycles. The first-order valence-corrected chi connectivity index (χ1v) is 7.53. The predicted octanol–water partition coefficient (Wildman–Crippen LogP) is 2.38. The van der Waals surface area contributed by atoms with Gasteiger partial charge in [0, 0.05) is 25.2 Å². The summed E-state index contributed by atoms with van der Waals surface area (Å²) in [6.07, 6.45) is 0. The topological polar surface area (TPSA) is 70.7 Å². The minimum atomic E-state index is -0.217.